The van der Waals surface area contributed by atoms with E-state index in [1.165, 1.54) is 93.2 Å². The van der Waals surface area contributed by atoms with Gasteiger partial charge in [0.15, 0.2) is 0 Å². The van der Waals surface area contributed by atoms with Crippen molar-refractivity contribution in [2.24, 2.45) is 0 Å². The summed E-state index contributed by atoms with van der Waals surface area (Å²) >= 11 is 0. The van der Waals surface area contributed by atoms with Gasteiger partial charge in [-0.2, -0.15) is 0 Å². The minimum absolute atomic E-state index is 0.119. The van der Waals surface area contributed by atoms with Gasteiger partial charge in [0, 0.05) is 5.41 Å². The predicted octanol–water partition coefficient (Wildman–Crippen LogP) is 14.7. The molecule has 53 heavy (non-hydrogen) atoms. The fraction of sp³-hybridized carbons (Fsp3) is 0.0566. The highest BCUT2D eigenvalue weighted by molar-refractivity contribution is 6.22. The molecule has 0 heterocycles. The van der Waals surface area contributed by atoms with Crippen molar-refractivity contribution >= 4 is 43.1 Å². The smallest absolute Gasteiger partial charge is 0.0153 e. The highest BCUT2D eigenvalue weighted by Gasteiger charge is 2.29. The van der Waals surface area contributed by atoms with Gasteiger partial charge in [-0.3, -0.25) is 0 Å². The minimum Gasteiger partial charge on any atom is -0.0834 e. The van der Waals surface area contributed by atoms with Crippen LogP contribution in [0.3, 0.4) is 0 Å². The Hall–Kier alpha value is -6.50. The van der Waals surface area contributed by atoms with Crippen molar-refractivity contribution in [3.05, 3.63) is 206 Å². The molecule has 250 valence electrons. The first kappa shape index (κ1) is 31.3. The fourth-order valence-corrected chi connectivity index (χ4v) is 8.99. The number of rotatable bonds is 5. The van der Waals surface area contributed by atoms with E-state index >= 15 is 0 Å². The van der Waals surface area contributed by atoms with E-state index < -0.39 is 0 Å². The van der Waals surface area contributed by atoms with E-state index in [0.717, 1.165) is 6.42 Å². The Bertz CT molecular complexity index is 2900. The Morgan fingerprint density at radius 2 is 0.717 bits per heavy atom. The lowest BCUT2D eigenvalue weighted by Gasteiger charge is -2.31. The first-order valence-corrected chi connectivity index (χ1v) is 18.7. The standard InChI is InChI=1S/C53H38/c1-53(32-16-5-17-33-53)52-45-27-15-14-26-43(45)51(38-22-10-4-11-23-38)48-35-40(29-31-46(48)52)39-28-30-44-47(34-39)50(37-20-8-3-9-21-37)42-25-13-12-24-41(42)49(44)36-18-6-2-7-19-36/h2-32,34-35H,33H2,1H3. The molecular formula is C53H38. The van der Waals surface area contributed by atoms with Crippen LogP contribution < -0.4 is 0 Å². The minimum atomic E-state index is -0.119. The summed E-state index contributed by atoms with van der Waals surface area (Å²) in [6.45, 7) is 2.40. The van der Waals surface area contributed by atoms with Gasteiger partial charge >= 0.3 is 0 Å². The van der Waals surface area contributed by atoms with Crippen molar-refractivity contribution in [1.82, 2.24) is 0 Å². The quantitative estimate of drug-likeness (QED) is 0.159. The monoisotopic (exact) mass is 674 g/mol. The summed E-state index contributed by atoms with van der Waals surface area (Å²) in [5.74, 6) is 0. The molecule has 1 aliphatic rings. The molecule has 0 heteroatoms. The van der Waals surface area contributed by atoms with Crippen molar-refractivity contribution in [2.45, 2.75) is 18.8 Å². The van der Waals surface area contributed by atoms with Gasteiger partial charge in [0.05, 0.1) is 0 Å². The number of benzene rings is 9. The maximum Gasteiger partial charge on any atom is 0.0153 e. The predicted molar refractivity (Wildman–Crippen MR) is 228 cm³/mol. The van der Waals surface area contributed by atoms with Crippen molar-refractivity contribution in [2.75, 3.05) is 0 Å². The average Bonchev–Trinajstić information content (AvgIpc) is 3.22. The molecule has 0 nitrogen and oxygen atoms in total. The van der Waals surface area contributed by atoms with Crippen LogP contribution in [0.4, 0.5) is 0 Å². The van der Waals surface area contributed by atoms with E-state index in [4.69, 9.17) is 0 Å². The summed E-state index contributed by atoms with van der Waals surface area (Å²) in [6.07, 6.45) is 10.1. The van der Waals surface area contributed by atoms with Crippen molar-refractivity contribution in [3.8, 4) is 44.5 Å². The molecule has 0 amide bonds. The van der Waals surface area contributed by atoms with E-state index in [1.54, 1.807) is 0 Å². The molecule has 0 spiro atoms. The second-order valence-corrected chi connectivity index (χ2v) is 14.6. The van der Waals surface area contributed by atoms with Crippen LogP contribution in [-0.2, 0) is 5.41 Å². The van der Waals surface area contributed by atoms with E-state index in [1.807, 2.05) is 0 Å². The molecule has 10 rings (SSSR count). The van der Waals surface area contributed by atoms with Crippen LogP contribution in [0.15, 0.2) is 200 Å². The van der Waals surface area contributed by atoms with E-state index in [2.05, 4.69) is 207 Å². The lowest BCUT2D eigenvalue weighted by atomic mass is 9.72. The van der Waals surface area contributed by atoms with Crippen LogP contribution in [0, 0.1) is 0 Å². The third-order valence-corrected chi connectivity index (χ3v) is 11.4. The van der Waals surface area contributed by atoms with Gasteiger partial charge in [-0.05, 0) is 112 Å². The Morgan fingerprint density at radius 3 is 1.21 bits per heavy atom. The lowest BCUT2D eigenvalue weighted by Crippen LogP contribution is -2.20. The summed E-state index contributed by atoms with van der Waals surface area (Å²) in [7, 11) is 0. The molecule has 0 aliphatic heterocycles. The third-order valence-electron chi connectivity index (χ3n) is 11.4. The van der Waals surface area contributed by atoms with Gasteiger partial charge in [-0.1, -0.05) is 195 Å². The zero-order valence-electron chi connectivity index (χ0n) is 29.8. The Balaban J connectivity index is 1.30. The topological polar surface area (TPSA) is 0 Å². The molecule has 9 aromatic carbocycles. The van der Waals surface area contributed by atoms with Crippen LogP contribution in [-0.4, -0.2) is 0 Å². The molecule has 0 saturated heterocycles. The highest BCUT2D eigenvalue weighted by atomic mass is 14.3. The zero-order valence-corrected chi connectivity index (χ0v) is 29.8. The van der Waals surface area contributed by atoms with Gasteiger partial charge in [0.2, 0.25) is 0 Å². The Morgan fingerprint density at radius 1 is 0.340 bits per heavy atom. The van der Waals surface area contributed by atoms with Crippen molar-refractivity contribution in [1.29, 1.82) is 0 Å². The maximum absolute atomic E-state index is 2.46. The second-order valence-electron chi connectivity index (χ2n) is 14.6. The zero-order chi connectivity index (χ0) is 35.4. The fourth-order valence-electron chi connectivity index (χ4n) is 8.99. The first-order valence-electron chi connectivity index (χ1n) is 18.7. The normalized spacial score (nSPS) is 15.5. The molecule has 1 atom stereocenters. The van der Waals surface area contributed by atoms with E-state index in [9.17, 15) is 0 Å². The molecule has 0 radical (unpaired) electrons. The number of hydrogen-bond acceptors (Lipinski definition) is 0. The Kier molecular flexibility index (Phi) is 7.44. The van der Waals surface area contributed by atoms with Crippen molar-refractivity contribution < 1.29 is 0 Å². The van der Waals surface area contributed by atoms with E-state index in [0.29, 0.717) is 0 Å². The van der Waals surface area contributed by atoms with Gasteiger partial charge in [0.1, 0.15) is 0 Å². The second kappa shape index (κ2) is 12.6. The molecule has 0 saturated carbocycles. The van der Waals surface area contributed by atoms with Crippen LogP contribution >= 0.6 is 0 Å². The highest BCUT2D eigenvalue weighted by Crippen LogP contribution is 2.48. The van der Waals surface area contributed by atoms with Gasteiger partial charge in [-0.25, -0.2) is 0 Å². The van der Waals surface area contributed by atoms with Crippen LogP contribution in [0.5, 0.6) is 0 Å². The summed E-state index contributed by atoms with van der Waals surface area (Å²) in [6, 6.07) is 65.0. The first-order chi connectivity index (χ1) is 26.2. The summed E-state index contributed by atoms with van der Waals surface area (Å²) in [4.78, 5) is 0. The molecule has 1 aliphatic carbocycles. The molecule has 1 unspecified atom stereocenters. The maximum atomic E-state index is 2.46. The largest absolute Gasteiger partial charge is 0.0834 e. The Labute approximate surface area is 311 Å². The van der Waals surface area contributed by atoms with Crippen molar-refractivity contribution in [3.63, 3.8) is 0 Å². The van der Waals surface area contributed by atoms with Crippen LogP contribution in [0.25, 0.3) is 87.6 Å². The van der Waals surface area contributed by atoms with Gasteiger partial charge in [0.25, 0.3) is 0 Å². The van der Waals surface area contributed by atoms with Gasteiger partial charge < -0.3 is 0 Å². The van der Waals surface area contributed by atoms with Gasteiger partial charge in [-0.15, -0.1) is 0 Å². The summed E-state index contributed by atoms with van der Waals surface area (Å²) < 4.78 is 0. The molecule has 0 fully saturated rings. The third kappa shape index (κ3) is 5.13. The van der Waals surface area contributed by atoms with Crippen LogP contribution in [0.1, 0.15) is 18.9 Å². The molecular weight excluding hydrogens is 637 g/mol. The summed E-state index contributed by atoms with van der Waals surface area (Å²) in [5.41, 5.74) is 11.3. The SMILES string of the molecule is CC1(c2c3ccccc3c(-c3ccccc3)c3cc(-c4ccc5c(-c6ccccc6)c6ccccc6c(-c6ccccc6)c5c4)ccc23)C=CC=CC1. The molecule has 9 aromatic rings. The molecule has 0 N–H and O–H groups in total. The molecule has 0 bridgehead atoms. The lowest BCUT2D eigenvalue weighted by molar-refractivity contribution is 0.610. The summed E-state index contributed by atoms with van der Waals surface area (Å²) in [5, 5.41) is 10.3. The van der Waals surface area contributed by atoms with E-state index in [-0.39, 0.29) is 5.41 Å². The number of allylic oxidation sites excluding steroid dienone is 4. The average molecular weight is 675 g/mol. The van der Waals surface area contributed by atoms with Crippen LogP contribution in [0.2, 0.25) is 0 Å². The number of fused-ring (bicyclic) bond motifs is 4. The molecule has 0 aromatic heterocycles. The number of hydrogen-bond donors (Lipinski definition) is 0.